The van der Waals surface area contributed by atoms with Gasteiger partial charge in [0.1, 0.15) is 58.9 Å². The maximum absolute atomic E-state index is 15.4. The number of hydrogen-bond donors (Lipinski definition) is 0. The number of benzene rings is 6. The summed E-state index contributed by atoms with van der Waals surface area (Å²) in [5, 5.41) is 2.74. The van der Waals surface area contributed by atoms with E-state index in [2.05, 4.69) is 11.2 Å². The molecule has 2 nitrogen and oxygen atoms in total. The van der Waals surface area contributed by atoms with Crippen molar-refractivity contribution in [1.82, 2.24) is 0 Å². The lowest BCUT2D eigenvalue weighted by Crippen LogP contribution is -2.81. The number of hydrogen-bond acceptors (Lipinski definition) is 2. The number of carbonyl (C=O) groups is 1. The highest BCUT2D eigenvalue weighted by Crippen LogP contribution is 2.31. The lowest BCUT2D eigenvalue weighted by molar-refractivity contribution is 0.102. The third-order valence-electron chi connectivity index (χ3n) is 9.67. The molecule has 0 N–H and O–H groups in total. The molecular weight excluding hydrogens is 959 g/mol. The zero-order chi connectivity index (χ0) is 49.7. The first-order chi connectivity index (χ1) is 30.7. The third-order valence-corrected chi connectivity index (χ3v) is 11.0. The van der Waals surface area contributed by atoms with E-state index in [0.717, 1.165) is 11.1 Å². The summed E-state index contributed by atoms with van der Waals surface area (Å²) in [5.41, 5.74) is -11.9. The molecule has 24 heteroatoms. The van der Waals surface area contributed by atoms with Crippen molar-refractivity contribution < 1.29 is 96.8 Å². The van der Waals surface area contributed by atoms with E-state index in [-0.39, 0.29) is 11.5 Å². The lowest BCUT2D eigenvalue weighted by atomic mass is 9.12. The van der Waals surface area contributed by atoms with E-state index in [0.29, 0.717) is 5.56 Å². The van der Waals surface area contributed by atoms with Gasteiger partial charge in [-0.2, -0.15) is 0 Å². The van der Waals surface area contributed by atoms with Crippen LogP contribution >= 0.6 is 0 Å². The lowest BCUT2D eigenvalue weighted by Gasteiger charge is -2.44. The van der Waals surface area contributed by atoms with Crippen molar-refractivity contribution in [2.24, 2.45) is 0 Å². The minimum Gasteiger partial charge on any atom is -0.289 e. The van der Waals surface area contributed by atoms with Crippen molar-refractivity contribution in [2.75, 3.05) is 12.0 Å². The summed E-state index contributed by atoms with van der Waals surface area (Å²) in [6.45, 7) is 1.96. The van der Waals surface area contributed by atoms with E-state index in [4.69, 9.17) is 0 Å². The minimum absolute atomic E-state index is 0.0457. The zero-order valence-electron chi connectivity index (χ0n) is 32.3. The van der Waals surface area contributed by atoms with Gasteiger partial charge in [-0.25, -0.2) is 87.8 Å². The molecule has 0 fully saturated rings. The van der Waals surface area contributed by atoms with E-state index in [1.54, 1.807) is 12.1 Å². The standard InChI is InChI=1S/C24BF20.C18H17O2S/c26-5-1(6(27)14(35)21(42)13(5)34)25(2-7(28)15(36)22(43)16(37)8(2)29,3-9(30)17(38)23(44)18(39)10(3)31)4-11(32)19(40)24(45)20(41)12(4)33;1-15-8-10-17(11-9-15)18(19)14-21(2,20)13-12-16-6-4-3-5-7-16/h;3-11H,14H2,1-2H3/q-1;+1. The fourth-order valence-electron chi connectivity index (χ4n) is 6.67. The molecule has 0 saturated heterocycles. The minimum atomic E-state index is -7.22. The molecular formula is C42H17BF20O2S. The summed E-state index contributed by atoms with van der Waals surface area (Å²) < 4.78 is 306. The normalized spacial score (nSPS) is 12.3. The predicted molar refractivity (Wildman–Crippen MR) is 197 cm³/mol. The molecule has 0 saturated carbocycles. The first-order valence-electron chi connectivity index (χ1n) is 17.5. The maximum atomic E-state index is 15.4. The molecule has 0 aliphatic heterocycles. The summed E-state index contributed by atoms with van der Waals surface area (Å²) in [4.78, 5) is 12.1. The molecule has 0 spiro atoms. The molecule has 0 heterocycles. The van der Waals surface area contributed by atoms with Crippen molar-refractivity contribution in [3.8, 4) is 11.2 Å². The van der Waals surface area contributed by atoms with Gasteiger partial charge < -0.3 is 0 Å². The van der Waals surface area contributed by atoms with Crippen LogP contribution in [0.3, 0.4) is 0 Å². The molecule has 6 aromatic carbocycles. The van der Waals surface area contributed by atoms with Crippen LogP contribution in [0.15, 0.2) is 54.6 Å². The van der Waals surface area contributed by atoms with E-state index in [9.17, 15) is 61.7 Å². The molecule has 1 atom stereocenters. The summed E-state index contributed by atoms with van der Waals surface area (Å²) >= 11 is 0. The Balaban J connectivity index is 0.000000324. The van der Waals surface area contributed by atoms with Crippen LogP contribution in [-0.2, 0) is 14.1 Å². The van der Waals surface area contributed by atoms with E-state index >= 15 is 35.1 Å². The van der Waals surface area contributed by atoms with Crippen LogP contribution in [0.2, 0.25) is 0 Å². The fourth-order valence-corrected chi connectivity index (χ4v) is 7.74. The highest BCUT2D eigenvalue weighted by molar-refractivity contribution is 8.07. The Kier molecular flexibility index (Phi) is 14.3. The molecule has 66 heavy (non-hydrogen) atoms. The Labute approximate surface area is 357 Å². The van der Waals surface area contributed by atoms with Gasteiger partial charge in [0.2, 0.25) is 5.78 Å². The van der Waals surface area contributed by atoms with Gasteiger partial charge in [0.05, 0.1) is 0 Å². The van der Waals surface area contributed by atoms with E-state index < -0.39 is 154 Å². The molecule has 6 rings (SSSR count). The first kappa shape index (κ1) is 50.4. The van der Waals surface area contributed by atoms with Gasteiger partial charge in [0.25, 0.3) is 0 Å². The summed E-state index contributed by atoms with van der Waals surface area (Å²) in [7, 11) is -2.50. The van der Waals surface area contributed by atoms with Crippen LogP contribution in [0.5, 0.6) is 0 Å². The summed E-state index contributed by atoms with van der Waals surface area (Å²) in [6.07, 6.45) is -5.68. The smallest absolute Gasteiger partial charge is 0.212 e. The van der Waals surface area contributed by atoms with Crippen LogP contribution in [0, 0.1) is 134 Å². The maximum Gasteiger partial charge on any atom is 0.212 e. The Morgan fingerprint density at radius 1 is 0.424 bits per heavy atom. The second kappa shape index (κ2) is 18.7. The van der Waals surface area contributed by atoms with Crippen LogP contribution in [0.25, 0.3) is 0 Å². The molecule has 0 aromatic heterocycles. The van der Waals surface area contributed by atoms with Crippen molar-refractivity contribution in [2.45, 2.75) is 6.92 Å². The zero-order valence-corrected chi connectivity index (χ0v) is 33.1. The van der Waals surface area contributed by atoms with E-state index in [1.807, 2.05) is 49.4 Å². The average Bonchev–Trinajstić information content (AvgIpc) is 3.28. The highest BCUT2D eigenvalue weighted by Gasteiger charge is 2.52. The average molecular weight is 976 g/mol. The van der Waals surface area contributed by atoms with Crippen LogP contribution < -0.4 is 21.9 Å². The molecule has 0 bridgehead atoms. The SMILES string of the molecule is Cc1ccc(C(=O)C[S+](C)(=O)C#Cc2ccccc2)cc1.Fc1c(F)c(F)c([B-](c2c(F)c(F)c(F)c(F)c2F)(c2c(F)c(F)c(F)c(F)c2F)c2c(F)c(F)c(F)c(F)c2F)c(F)c1F. The number of carbonyl (C=O) groups excluding carboxylic acids is 1. The van der Waals surface area contributed by atoms with Crippen LogP contribution in [0.1, 0.15) is 21.5 Å². The highest BCUT2D eigenvalue weighted by atomic mass is 32.2. The Bertz CT molecular complexity index is 2700. The number of ketones is 1. The van der Waals surface area contributed by atoms with Crippen LogP contribution in [0.4, 0.5) is 87.8 Å². The topological polar surface area (TPSA) is 34.1 Å². The largest absolute Gasteiger partial charge is 0.289 e. The van der Waals surface area contributed by atoms with Gasteiger partial charge in [0.15, 0.2) is 90.7 Å². The molecule has 0 radical (unpaired) electrons. The second-order valence-corrected chi connectivity index (χ2v) is 16.3. The molecule has 346 valence electrons. The molecule has 0 amide bonds. The molecule has 6 aromatic rings. The van der Waals surface area contributed by atoms with Crippen molar-refractivity contribution in [3.05, 3.63) is 188 Å². The predicted octanol–water partition coefficient (Wildman–Crippen LogP) is 9.16. The number of rotatable bonds is 7. The van der Waals surface area contributed by atoms with Gasteiger partial charge in [-0.3, -0.25) is 4.79 Å². The quantitative estimate of drug-likeness (QED) is 0.0305. The van der Waals surface area contributed by atoms with Gasteiger partial charge in [-0.05, 0) is 25.0 Å². The van der Waals surface area contributed by atoms with Crippen molar-refractivity contribution >= 4 is 43.7 Å². The Morgan fingerprint density at radius 2 is 0.682 bits per heavy atom. The summed E-state index contributed by atoms with van der Waals surface area (Å²) in [6, 6.07) is 16.6. The molecule has 1 unspecified atom stereocenters. The number of aryl methyl sites for hydroxylation is 1. The Morgan fingerprint density at radius 3 is 0.955 bits per heavy atom. The van der Waals surface area contributed by atoms with Crippen LogP contribution in [-0.4, -0.2) is 23.9 Å². The summed E-state index contributed by atoms with van der Waals surface area (Å²) in [5.74, 6) is -68.7. The second-order valence-electron chi connectivity index (χ2n) is 13.8. The van der Waals surface area contributed by atoms with E-state index in [1.165, 1.54) is 6.26 Å². The van der Waals surface area contributed by atoms with Gasteiger partial charge in [-0.15, -0.1) is 21.9 Å². The van der Waals surface area contributed by atoms with Gasteiger partial charge in [-0.1, -0.05) is 52.2 Å². The Hall–Kier alpha value is -6.64. The number of halogens is 20. The molecule has 0 aliphatic carbocycles. The van der Waals surface area contributed by atoms with Gasteiger partial charge >= 0.3 is 0 Å². The third kappa shape index (κ3) is 8.51. The first-order valence-corrected chi connectivity index (χ1v) is 19.7. The fraction of sp³-hybridized carbons (Fsp3) is 0.0714. The number of Topliss-reactive ketones (excluding diaryl/α,β-unsaturated/α-hetero) is 1. The molecule has 0 aliphatic rings. The van der Waals surface area contributed by atoms with Gasteiger partial charge in [0, 0.05) is 11.1 Å². The monoisotopic (exact) mass is 976 g/mol. The van der Waals surface area contributed by atoms with Crippen molar-refractivity contribution in [3.63, 3.8) is 0 Å². The van der Waals surface area contributed by atoms with Crippen molar-refractivity contribution in [1.29, 1.82) is 0 Å².